The summed E-state index contributed by atoms with van der Waals surface area (Å²) < 4.78 is 38.2. The topological polar surface area (TPSA) is 144 Å². The first-order valence-electron chi connectivity index (χ1n) is 15.1. The van der Waals surface area contributed by atoms with Crippen LogP contribution in [-0.4, -0.2) is 66.8 Å². The lowest BCUT2D eigenvalue weighted by atomic mass is 9.77. The van der Waals surface area contributed by atoms with Gasteiger partial charge in [0.15, 0.2) is 5.78 Å². The summed E-state index contributed by atoms with van der Waals surface area (Å²) in [7, 11) is -4.24. The van der Waals surface area contributed by atoms with Gasteiger partial charge in [0.1, 0.15) is 6.10 Å². The third kappa shape index (κ3) is 6.82. The number of esters is 1. The summed E-state index contributed by atoms with van der Waals surface area (Å²) in [4.78, 5) is 54.4. The smallest absolute Gasteiger partial charge is 0.310 e. The molecule has 0 spiro atoms. The molecule has 1 unspecified atom stereocenters. The third-order valence-electron chi connectivity index (χ3n) is 9.83. The van der Waals surface area contributed by atoms with Crippen LogP contribution in [0, 0.1) is 34.5 Å². The Morgan fingerprint density at radius 3 is 2.27 bits per heavy atom. The number of rotatable bonds is 12. The number of allylic oxidation sites excluding steroid dienone is 1. The molecule has 10 nitrogen and oxygen atoms in total. The number of ether oxygens (including phenoxy) is 1. The van der Waals surface area contributed by atoms with Crippen LogP contribution in [0.4, 0.5) is 0 Å². The zero-order valence-electron chi connectivity index (χ0n) is 25.2. The highest BCUT2D eigenvalue weighted by Crippen LogP contribution is 2.57. The van der Waals surface area contributed by atoms with Crippen molar-refractivity contribution >= 4 is 49.7 Å². The average molecular weight is 695 g/mol. The predicted octanol–water partition coefficient (Wildman–Crippen LogP) is 4.75. The fourth-order valence-electron chi connectivity index (χ4n) is 6.97. The number of carboxylic acids is 1. The van der Waals surface area contributed by atoms with E-state index in [-0.39, 0.29) is 49.1 Å². The minimum absolute atomic E-state index is 0.0788. The molecule has 1 saturated heterocycles. The van der Waals surface area contributed by atoms with Crippen molar-refractivity contribution in [3.63, 3.8) is 0 Å². The van der Waals surface area contributed by atoms with Crippen molar-refractivity contribution < 1.29 is 41.6 Å². The number of hydrogen-bond donors (Lipinski definition) is 1. The minimum atomic E-state index is -4.24. The van der Waals surface area contributed by atoms with Gasteiger partial charge in [0.05, 0.1) is 34.8 Å². The van der Waals surface area contributed by atoms with Crippen LogP contribution in [0.5, 0.6) is 0 Å². The lowest BCUT2D eigenvalue weighted by molar-refractivity contribution is -0.157. The molecular weight excluding hydrogens is 654 g/mol. The molecule has 1 heterocycles. The van der Waals surface area contributed by atoms with E-state index in [2.05, 4.69) is 22.5 Å². The van der Waals surface area contributed by atoms with Crippen molar-refractivity contribution in [2.24, 2.45) is 34.5 Å². The van der Waals surface area contributed by atoms with Gasteiger partial charge in [-0.1, -0.05) is 42.8 Å². The van der Waals surface area contributed by atoms with E-state index < -0.39 is 62.6 Å². The van der Waals surface area contributed by atoms with Gasteiger partial charge >= 0.3 is 11.9 Å². The summed E-state index contributed by atoms with van der Waals surface area (Å²) in [6.07, 6.45) is 2.81. The number of benzene rings is 1. The minimum Gasteiger partial charge on any atom is -0.481 e. The SMILES string of the molecule is C=C[C@@H]1C[C@]1(CC(=O)[C@@H]1C[C@H](OS(=O)(=O)c2ccc(Br)cc2)CN1C(=O)[C@@H](CC(=O)OC1C[C@@H]2C[C@@H]2C1)C(C)(C)C)C(=O)O. The number of hydrogen-bond acceptors (Lipinski definition) is 8. The van der Waals surface area contributed by atoms with Crippen LogP contribution in [-0.2, 0) is 38.2 Å². The van der Waals surface area contributed by atoms with Crippen LogP contribution in [0.1, 0.15) is 65.7 Å². The van der Waals surface area contributed by atoms with E-state index >= 15 is 0 Å². The summed E-state index contributed by atoms with van der Waals surface area (Å²) in [5.41, 5.74) is -2.00. The van der Waals surface area contributed by atoms with Crippen LogP contribution in [0.3, 0.4) is 0 Å². The fraction of sp³-hybridized carbons (Fsp3) is 0.625. The monoisotopic (exact) mass is 693 g/mol. The second-order valence-corrected chi connectivity index (χ2v) is 16.5. The van der Waals surface area contributed by atoms with Crippen LogP contribution in [0.25, 0.3) is 0 Å². The third-order valence-corrected chi connectivity index (χ3v) is 11.7. The molecule has 1 aliphatic heterocycles. The number of carboxylic acid groups (broad SMARTS) is 1. The number of carbonyl (C=O) groups excluding carboxylic acids is 3. The van der Waals surface area contributed by atoms with Crippen LogP contribution < -0.4 is 0 Å². The number of likely N-dealkylation sites (tertiary alicyclic amines) is 1. The average Bonchev–Trinajstić information content (AvgIpc) is 3.75. The normalized spacial score (nSPS) is 31.6. The molecule has 3 aliphatic carbocycles. The van der Waals surface area contributed by atoms with Gasteiger partial charge in [-0.25, -0.2) is 0 Å². The van der Waals surface area contributed by atoms with Gasteiger partial charge < -0.3 is 14.7 Å². The number of Topliss-reactive ketones (excluding diaryl/α,β-unsaturated/α-hetero) is 1. The Kier molecular flexibility index (Phi) is 8.94. The van der Waals surface area contributed by atoms with Crippen molar-refractivity contribution in [3.8, 4) is 0 Å². The summed E-state index contributed by atoms with van der Waals surface area (Å²) >= 11 is 3.27. The van der Waals surface area contributed by atoms with E-state index in [0.29, 0.717) is 16.3 Å². The Hall–Kier alpha value is -2.57. The standard InChI is InChI=1S/C32H40BrNO9S/c1-5-20-15-32(20,30(38)39)16-27(35)26-13-23(43-44(40,41)24-8-6-21(33)7-9-24)17-34(26)29(37)25(31(2,3)4)14-28(36)42-22-11-18-10-19(18)12-22/h5-9,18-20,22-23,25-26H,1,10-17H2,2-4H3,(H,38,39)/t18-,19+,20-,22?,23+,25-,26+,32-/m1/s1. The fourth-order valence-corrected chi connectivity index (χ4v) is 8.31. The van der Waals surface area contributed by atoms with Crippen LogP contribution >= 0.6 is 15.9 Å². The number of carbonyl (C=O) groups is 4. The largest absolute Gasteiger partial charge is 0.481 e. The highest BCUT2D eigenvalue weighted by molar-refractivity contribution is 9.10. The van der Waals surface area contributed by atoms with Gasteiger partial charge in [0.25, 0.3) is 10.1 Å². The number of halogens is 1. The van der Waals surface area contributed by atoms with Crippen molar-refractivity contribution in [2.45, 2.75) is 88.9 Å². The first-order valence-corrected chi connectivity index (χ1v) is 17.3. The Morgan fingerprint density at radius 1 is 1.09 bits per heavy atom. The maximum Gasteiger partial charge on any atom is 0.310 e. The van der Waals surface area contributed by atoms with Crippen molar-refractivity contribution in [1.29, 1.82) is 0 Å². The molecule has 12 heteroatoms. The number of nitrogens with zero attached hydrogens (tertiary/aromatic N) is 1. The van der Waals surface area contributed by atoms with Crippen LogP contribution in [0.15, 0.2) is 46.3 Å². The number of fused-ring (bicyclic) bond motifs is 1. The number of ketones is 1. The molecule has 0 aromatic heterocycles. The van der Waals surface area contributed by atoms with E-state index in [1.807, 2.05) is 20.8 Å². The van der Waals surface area contributed by atoms with Crippen molar-refractivity contribution in [2.75, 3.05) is 6.54 Å². The predicted molar refractivity (Wildman–Crippen MR) is 163 cm³/mol. The first kappa shape index (κ1) is 32.8. The van der Waals surface area contributed by atoms with Gasteiger partial charge in [-0.2, -0.15) is 8.42 Å². The Bertz CT molecular complexity index is 1440. The molecule has 3 saturated carbocycles. The van der Waals surface area contributed by atoms with Crippen molar-refractivity contribution in [1.82, 2.24) is 4.90 Å². The summed E-state index contributed by atoms with van der Waals surface area (Å²) in [5, 5.41) is 9.91. The molecule has 240 valence electrons. The number of amides is 1. The maximum absolute atomic E-state index is 14.2. The molecule has 4 aliphatic rings. The molecule has 8 atom stereocenters. The van der Waals surface area contributed by atoms with E-state index in [4.69, 9.17) is 8.92 Å². The Balaban J connectivity index is 1.37. The Labute approximate surface area is 266 Å². The second-order valence-electron chi connectivity index (χ2n) is 14.0. The molecule has 4 fully saturated rings. The molecule has 1 amide bonds. The van der Waals surface area contributed by atoms with Gasteiger partial charge in [0.2, 0.25) is 5.91 Å². The first-order chi connectivity index (χ1) is 20.5. The van der Waals surface area contributed by atoms with E-state index in [1.54, 1.807) is 12.1 Å². The maximum atomic E-state index is 14.2. The molecule has 1 aromatic rings. The summed E-state index contributed by atoms with van der Waals surface area (Å²) in [6, 6.07) is 4.78. The second kappa shape index (κ2) is 12.0. The zero-order chi connectivity index (χ0) is 32.2. The highest BCUT2D eigenvalue weighted by Gasteiger charge is 2.61. The molecule has 44 heavy (non-hydrogen) atoms. The summed E-state index contributed by atoms with van der Waals surface area (Å²) in [5.74, 6) is -2.57. The number of aliphatic carboxylic acids is 1. The molecule has 1 aromatic carbocycles. The zero-order valence-corrected chi connectivity index (χ0v) is 27.6. The van der Waals surface area contributed by atoms with Gasteiger partial charge in [0, 0.05) is 23.9 Å². The molecule has 0 bridgehead atoms. The molecule has 5 rings (SSSR count). The lowest BCUT2D eigenvalue weighted by Crippen LogP contribution is -2.48. The van der Waals surface area contributed by atoms with Gasteiger partial charge in [-0.15, -0.1) is 6.58 Å². The lowest BCUT2D eigenvalue weighted by Gasteiger charge is -2.35. The highest BCUT2D eigenvalue weighted by atomic mass is 79.9. The summed E-state index contributed by atoms with van der Waals surface area (Å²) in [6.45, 7) is 8.95. The molecular formula is C32H40BrNO9S. The van der Waals surface area contributed by atoms with E-state index in [0.717, 1.165) is 12.8 Å². The van der Waals surface area contributed by atoms with Crippen molar-refractivity contribution in [3.05, 3.63) is 41.4 Å². The van der Waals surface area contributed by atoms with Crippen LogP contribution in [0.2, 0.25) is 0 Å². The van der Waals surface area contributed by atoms with Gasteiger partial charge in [-0.3, -0.25) is 23.4 Å². The van der Waals surface area contributed by atoms with E-state index in [9.17, 15) is 32.7 Å². The molecule has 1 N–H and O–H groups in total. The van der Waals surface area contributed by atoms with Gasteiger partial charge in [-0.05, 0) is 73.1 Å². The van der Waals surface area contributed by atoms with E-state index in [1.165, 1.54) is 29.5 Å². The molecule has 0 radical (unpaired) electrons. The quantitative estimate of drug-likeness (QED) is 0.186. The Morgan fingerprint density at radius 2 is 1.73 bits per heavy atom.